The molecule has 2 heteroatoms. The number of likely N-dealkylation sites (tertiary alicyclic amines) is 1. The number of hydrogen-bond acceptors (Lipinski definition) is 2. The summed E-state index contributed by atoms with van der Waals surface area (Å²) in [5.74, 6) is 0.916. The molecule has 0 amide bonds. The largest absolute Gasteiger partial charge is 0.315 e. The van der Waals surface area contributed by atoms with Crippen molar-refractivity contribution < 1.29 is 0 Å². The van der Waals surface area contributed by atoms with Gasteiger partial charge in [0.25, 0.3) is 0 Å². The molecular weight excluding hydrogens is 208 g/mol. The molecular formula is C15H22N2. The van der Waals surface area contributed by atoms with Gasteiger partial charge < -0.3 is 5.32 Å². The zero-order valence-corrected chi connectivity index (χ0v) is 10.4. The fraction of sp³-hybridized carbons (Fsp3) is 0.600. The van der Waals surface area contributed by atoms with E-state index in [0.29, 0.717) is 0 Å². The molecule has 2 heterocycles. The SMILES string of the molecule is c1ccc(CCN2CCCC3CNCC32)cc1. The van der Waals surface area contributed by atoms with Crippen molar-refractivity contribution in [2.45, 2.75) is 25.3 Å². The van der Waals surface area contributed by atoms with E-state index in [2.05, 4.69) is 40.5 Å². The number of nitrogens with zero attached hydrogens (tertiary/aromatic N) is 1. The molecule has 0 aliphatic carbocycles. The number of piperidine rings is 1. The number of benzene rings is 1. The van der Waals surface area contributed by atoms with Crippen LogP contribution in [0.25, 0.3) is 0 Å². The summed E-state index contributed by atoms with van der Waals surface area (Å²) in [6.45, 7) is 4.98. The van der Waals surface area contributed by atoms with Gasteiger partial charge in [-0.05, 0) is 43.8 Å². The Labute approximate surface area is 104 Å². The Kier molecular flexibility index (Phi) is 3.44. The van der Waals surface area contributed by atoms with Crippen molar-refractivity contribution in [2.24, 2.45) is 5.92 Å². The summed E-state index contributed by atoms with van der Waals surface area (Å²) in [5, 5.41) is 3.55. The Morgan fingerprint density at radius 3 is 2.94 bits per heavy atom. The fourth-order valence-corrected chi connectivity index (χ4v) is 3.36. The van der Waals surface area contributed by atoms with Crippen LogP contribution < -0.4 is 5.32 Å². The van der Waals surface area contributed by atoms with Crippen molar-refractivity contribution in [3.05, 3.63) is 35.9 Å². The van der Waals surface area contributed by atoms with Gasteiger partial charge in [-0.25, -0.2) is 0 Å². The lowest BCUT2D eigenvalue weighted by Gasteiger charge is -2.37. The average Bonchev–Trinajstić information content (AvgIpc) is 2.86. The monoisotopic (exact) mass is 230 g/mol. The summed E-state index contributed by atoms with van der Waals surface area (Å²) in [4.78, 5) is 2.71. The third kappa shape index (κ3) is 2.53. The summed E-state index contributed by atoms with van der Waals surface area (Å²) in [5.41, 5.74) is 1.47. The first-order valence-electron chi connectivity index (χ1n) is 6.92. The van der Waals surface area contributed by atoms with Crippen molar-refractivity contribution in [2.75, 3.05) is 26.2 Å². The van der Waals surface area contributed by atoms with E-state index in [1.165, 1.54) is 51.0 Å². The van der Waals surface area contributed by atoms with Gasteiger partial charge in [-0.1, -0.05) is 30.3 Å². The van der Waals surface area contributed by atoms with E-state index in [0.717, 1.165) is 12.0 Å². The van der Waals surface area contributed by atoms with Crippen molar-refractivity contribution in [3.8, 4) is 0 Å². The van der Waals surface area contributed by atoms with Crippen LogP contribution in [0.3, 0.4) is 0 Å². The van der Waals surface area contributed by atoms with Crippen LogP contribution in [-0.4, -0.2) is 37.1 Å². The normalized spacial score (nSPS) is 29.2. The van der Waals surface area contributed by atoms with Crippen LogP contribution in [0.15, 0.2) is 30.3 Å². The highest BCUT2D eigenvalue weighted by Gasteiger charge is 2.34. The molecule has 1 aromatic carbocycles. The van der Waals surface area contributed by atoms with Crippen LogP contribution in [0, 0.1) is 5.92 Å². The van der Waals surface area contributed by atoms with Gasteiger partial charge >= 0.3 is 0 Å². The van der Waals surface area contributed by atoms with Crippen molar-refractivity contribution in [3.63, 3.8) is 0 Å². The molecule has 0 spiro atoms. The Balaban J connectivity index is 1.57. The lowest BCUT2D eigenvalue weighted by molar-refractivity contribution is 0.126. The maximum absolute atomic E-state index is 3.55. The molecule has 2 unspecified atom stereocenters. The van der Waals surface area contributed by atoms with Gasteiger partial charge in [-0.15, -0.1) is 0 Å². The van der Waals surface area contributed by atoms with Crippen LogP contribution in [-0.2, 0) is 6.42 Å². The summed E-state index contributed by atoms with van der Waals surface area (Å²) in [6, 6.07) is 11.7. The predicted octanol–water partition coefficient (Wildman–Crippen LogP) is 1.91. The Morgan fingerprint density at radius 1 is 1.18 bits per heavy atom. The van der Waals surface area contributed by atoms with E-state index in [4.69, 9.17) is 0 Å². The van der Waals surface area contributed by atoms with E-state index in [-0.39, 0.29) is 0 Å². The third-order valence-electron chi connectivity index (χ3n) is 4.32. The number of rotatable bonds is 3. The summed E-state index contributed by atoms with van der Waals surface area (Å²) >= 11 is 0. The number of hydrogen-bond donors (Lipinski definition) is 1. The van der Waals surface area contributed by atoms with E-state index < -0.39 is 0 Å². The second kappa shape index (κ2) is 5.19. The number of fused-ring (bicyclic) bond motifs is 1. The molecule has 92 valence electrons. The topological polar surface area (TPSA) is 15.3 Å². The zero-order valence-electron chi connectivity index (χ0n) is 10.4. The quantitative estimate of drug-likeness (QED) is 0.853. The highest BCUT2D eigenvalue weighted by Crippen LogP contribution is 2.26. The average molecular weight is 230 g/mol. The van der Waals surface area contributed by atoms with E-state index in [9.17, 15) is 0 Å². The molecule has 2 fully saturated rings. The van der Waals surface area contributed by atoms with Gasteiger partial charge in [0.15, 0.2) is 0 Å². The Bertz CT molecular complexity index is 349. The molecule has 0 bridgehead atoms. The summed E-state index contributed by atoms with van der Waals surface area (Å²) in [7, 11) is 0. The van der Waals surface area contributed by atoms with Gasteiger partial charge in [0.05, 0.1) is 0 Å². The van der Waals surface area contributed by atoms with Crippen molar-refractivity contribution >= 4 is 0 Å². The van der Waals surface area contributed by atoms with Crippen LogP contribution >= 0.6 is 0 Å². The van der Waals surface area contributed by atoms with Gasteiger partial charge in [0, 0.05) is 19.1 Å². The van der Waals surface area contributed by atoms with Crippen LogP contribution in [0.2, 0.25) is 0 Å². The Hall–Kier alpha value is -0.860. The fourth-order valence-electron chi connectivity index (χ4n) is 3.36. The minimum atomic E-state index is 0.812. The third-order valence-corrected chi connectivity index (χ3v) is 4.32. The molecule has 17 heavy (non-hydrogen) atoms. The standard InChI is InChI=1S/C15H22N2/c1-2-5-13(6-3-1)8-10-17-9-4-7-14-11-16-12-15(14)17/h1-3,5-6,14-16H,4,7-12H2. The lowest BCUT2D eigenvalue weighted by atomic mass is 9.92. The van der Waals surface area contributed by atoms with E-state index >= 15 is 0 Å². The Morgan fingerprint density at radius 2 is 2.06 bits per heavy atom. The molecule has 2 nitrogen and oxygen atoms in total. The van der Waals surface area contributed by atoms with E-state index in [1.807, 2.05) is 0 Å². The minimum absolute atomic E-state index is 0.812. The van der Waals surface area contributed by atoms with Gasteiger partial charge in [0.2, 0.25) is 0 Å². The number of nitrogens with one attached hydrogen (secondary N) is 1. The maximum Gasteiger partial charge on any atom is 0.0261 e. The maximum atomic E-state index is 3.55. The van der Waals surface area contributed by atoms with Gasteiger partial charge in [-0.2, -0.15) is 0 Å². The van der Waals surface area contributed by atoms with Gasteiger partial charge in [0.1, 0.15) is 0 Å². The minimum Gasteiger partial charge on any atom is -0.315 e. The van der Waals surface area contributed by atoms with Crippen molar-refractivity contribution in [1.82, 2.24) is 10.2 Å². The molecule has 2 atom stereocenters. The predicted molar refractivity (Wildman–Crippen MR) is 71.1 cm³/mol. The molecule has 1 aromatic rings. The van der Waals surface area contributed by atoms with Crippen LogP contribution in [0.4, 0.5) is 0 Å². The summed E-state index contributed by atoms with van der Waals surface area (Å²) < 4.78 is 0. The van der Waals surface area contributed by atoms with E-state index in [1.54, 1.807) is 0 Å². The molecule has 3 rings (SSSR count). The molecule has 0 radical (unpaired) electrons. The molecule has 0 aromatic heterocycles. The van der Waals surface area contributed by atoms with Gasteiger partial charge in [-0.3, -0.25) is 4.90 Å². The summed E-state index contributed by atoms with van der Waals surface area (Å²) in [6.07, 6.45) is 4.02. The second-order valence-electron chi connectivity index (χ2n) is 5.40. The molecule has 2 aliphatic heterocycles. The molecule has 2 saturated heterocycles. The first kappa shape index (κ1) is 11.2. The van der Waals surface area contributed by atoms with Crippen LogP contribution in [0.5, 0.6) is 0 Å². The zero-order chi connectivity index (χ0) is 11.5. The second-order valence-corrected chi connectivity index (χ2v) is 5.40. The molecule has 2 aliphatic rings. The highest BCUT2D eigenvalue weighted by atomic mass is 15.2. The highest BCUT2D eigenvalue weighted by molar-refractivity contribution is 5.15. The lowest BCUT2D eigenvalue weighted by Crippen LogP contribution is -2.45. The van der Waals surface area contributed by atoms with Crippen LogP contribution in [0.1, 0.15) is 18.4 Å². The first-order valence-corrected chi connectivity index (χ1v) is 6.92. The molecule has 1 N–H and O–H groups in total. The van der Waals surface area contributed by atoms with Crippen molar-refractivity contribution in [1.29, 1.82) is 0 Å². The first-order chi connectivity index (χ1) is 8.43. The molecule has 0 saturated carbocycles. The smallest absolute Gasteiger partial charge is 0.0261 e.